The van der Waals surface area contributed by atoms with Crippen molar-refractivity contribution < 1.29 is 4.74 Å². The van der Waals surface area contributed by atoms with E-state index in [-0.39, 0.29) is 0 Å². The Balaban J connectivity index is 1.43. The summed E-state index contributed by atoms with van der Waals surface area (Å²) >= 11 is 0. The molecule has 1 fully saturated rings. The molecule has 0 amide bonds. The fourth-order valence-corrected chi connectivity index (χ4v) is 2.90. The van der Waals surface area contributed by atoms with Gasteiger partial charge in [-0.15, -0.1) is 0 Å². The van der Waals surface area contributed by atoms with Gasteiger partial charge in [-0.25, -0.2) is 5.43 Å². The Morgan fingerprint density at radius 3 is 2.48 bits per heavy atom. The number of benzene rings is 2. The van der Waals surface area contributed by atoms with E-state index in [1.54, 1.807) is 0 Å². The van der Waals surface area contributed by atoms with Gasteiger partial charge in [-0.05, 0) is 42.5 Å². The van der Waals surface area contributed by atoms with Crippen LogP contribution < -0.4 is 21.3 Å². The van der Waals surface area contributed by atoms with Crippen LogP contribution in [0.5, 0.6) is 5.75 Å². The summed E-state index contributed by atoms with van der Waals surface area (Å²) in [6.45, 7) is 1.40. The molecule has 1 aliphatic heterocycles. The molecule has 2 aromatic rings. The molecule has 0 aliphatic carbocycles. The summed E-state index contributed by atoms with van der Waals surface area (Å²) in [5.74, 6) is 0.933. The Morgan fingerprint density at radius 1 is 1.00 bits per heavy atom. The molecule has 4 nitrogen and oxygen atoms in total. The van der Waals surface area contributed by atoms with Crippen molar-refractivity contribution in [2.75, 3.05) is 13.2 Å². The molecule has 1 heterocycles. The highest BCUT2D eigenvalue weighted by molar-refractivity contribution is 5.29. The third-order valence-corrected chi connectivity index (χ3v) is 4.27. The van der Waals surface area contributed by atoms with Gasteiger partial charge in [-0.1, -0.05) is 42.5 Å². The van der Waals surface area contributed by atoms with E-state index in [4.69, 9.17) is 10.5 Å². The van der Waals surface area contributed by atoms with Crippen LogP contribution in [0.2, 0.25) is 0 Å². The van der Waals surface area contributed by atoms with E-state index in [1.165, 1.54) is 11.1 Å². The van der Waals surface area contributed by atoms with E-state index >= 15 is 0 Å². The molecule has 1 aliphatic rings. The van der Waals surface area contributed by atoms with Crippen LogP contribution in [0.1, 0.15) is 30.0 Å². The first-order chi connectivity index (χ1) is 11.3. The zero-order valence-electron chi connectivity index (χ0n) is 13.4. The minimum atomic E-state index is 0.329. The van der Waals surface area contributed by atoms with Crippen molar-refractivity contribution >= 4 is 0 Å². The molecule has 2 unspecified atom stereocenters. The van der Waals surface area contributed by atoms with Crippen LogP contribution >= 0.6 is 0 Å². The quantitative estimate of drug-likeness (QED) is 0.688. The smallest absolute Gasteiger partial charge is 0.119 e. The molecule has 0 saturated carbocycles. The first kappa shape index (κ1) is 16.0. The van der Waals surface area contributed by atoms with Crippen LogP contribution in [-0.2, 0) is 6.42 Å². The van der Waals surface area contributed by atoms with Crippen LogP contribution in [0.25, 0.3) is 0 Å². The molecular formula is C19H25N3O. The van der Waals surface area contributed by atoms with Gasteiger partial charge in [0.05, 0.1) is 6.61 Å². The maximum absolute atomic E-state index is 5.83. The molecular weight excluding hydrogens is 286 g/mol. The molecule has 0 radical (unpaired) electrons. The van der Waals surface area contributed by atoms with Gasteiger partial charge in [-0.3, -0.25) is 5.43 Å². The van der Waals surface area contributed by atoms with Crippen LogP contribution in [0.3, 0.4) is 0 Å². The summed E-state index contributed by atoms with van der Waals surface area (Å²) < 4.78 is 5.83. The van der Waals surface area contributed by atoms with Crippen molar-refractivity contribution in [1.82, 2.24) is 10.9 Å². The van der Waals surface area contributed by atoms with Crippen LogP contribution in [0.4, 0.5) is 0 Å². The normalized spacial score (nSPS) is 20.6. The summed E-state index contributed by atoms with van der Waals surface area (Å²) in [5.41, 5.74) is 14.8. The largest absolute Gasteiger partial charge is 0.494 e. The Hall–Kier alpha value is -1.88. The third-order valence-electron chi connectivity index (χ3n) is 4.27. The second-order valence-electron chi connectivity index (χ2n) is 6.02. The summed E-state index contributed by atoms with van der Waals surface area (Å²) in [4.78, 5) is 0. The number of nitrogens with one attached hydrogen (secondary N) is 2. The van der Waals surface area contributed by atoms with E-state index in [2.05, 4.69) is 59.4 Å². The van der Waals surface area contributed by atoms with Gasteiger partial charge in [0.2, 0.25) is 0 Å². The van der Waals surface area contributed by atoms with Gasteiger partial charge in [0.1, 0.15) is 5.75 Å². The zero-order valence-corrected chi connectivity index (χ0v) is 13.4. The number of nitrogens with two attached hydrogens (primary N) is 1. The number of rotatable bonds is 7. The number of hydrogen-bond acceptors (Lipinski definition) is 4. The van der Waals surface area contributed by atoms with Crippen molar-refractivity contribution in [3.63, 3.8) is 0 Å². The second kappa shape index (κ2) is 8.11. The van der Waals surface area contributed by atoms with E-state index in [9.17, 15) is 0 Å². The lowest BCUT2D eigenvalue weighted by atomic mass is 10.0. The molecule has 2 atom stereocenters. The minimum absolute atomic E-state index is 0.329. The first-order valence-corrected chi connectivity index (χ1v) is 8.33. The lowest BCUT2D eigenvalue weighted by Gasteiger charge is -2.11. The van der Waals surface area contributed by atoms with Crippen molar-refractivity contribution in [3.05, 3.63) is 65.7 Å². The van der Waals surface area contributed by atoms with E-state index in [0.29, 0.717) is 18.6 Å². The molecule has 2 aromatic carbocycles. The van der Waals surface area contributed by atoms with Crippen molar-refractivity contribution in [1.29, 1.82) is 0 Å². The summed E-state index contributed by atoms with van der Waals surface area (Å²) in [6.07, 6.45) is 3.10. The minimum Gasteiger partial charge on any atom is -0.494 e. The Labute approximate surface area is 138 Å². The number of hydrogen-bond donors (Lipinski definition) is 3. The van der Waals surface area contributed by atoms with Gasteiger partial charge >= 0.3 is 0 Å². The molecule has 1 saturated heterocycles. The maximum atomic E-state index is 5.83. The fraction of sp³-hybridized carbons (Fsp3) is 0.368. The van der Waals surface area contributed by atoms with Gasteiger partial charge in [0.15, 0.2) is 0 Å². The van der Waals surface area contributed by atoms with Crippen molar-refractivity contribution in [2.24, 2.45) is 5.73 Å². The Morgan fingerprint density at radius 2 is 1.78 bits per heavy atom. The lowest BCUT2D eigenvalue weighted by Crippen LogP contribution is -2.35. The average molecular weight is 311 g/mol. The third kappa shape index (κ3) is 4.55. The predicted octanol–water partition coefficient (Wildman–Crippen LogP) is 2.56. The average Bonchev–Trinajstić information content (AvgIpc) is 3.09. The number of ether oxygens (including phenoxy) is 1. The van der Waals surface area contributed by atoms with Crippen molar-refractivity contribution in [2.45, 2.75) is 31.3 Å². The van der Waals surface area contributed by atoms with Crippen LogP contribution in [-0.4, -0.2) is 19.2 Å². The Bertz CT molecular complexity index is 585. The molecule has 0 spiro atoms. The number of hydrazine groups is 1. The van der Waals surface area contributed by atoms with Crippen LogP contribution in [0, 0.1) is 0 Å². The monoisotopic (exact) mass is 311 g/mol. The van der Waals surface area contributed by atoms with Crippen molar-refractivity contribution in [3.8, 4) is 5.75 Å². The van der Waals surface area contributed by atoms with Gasteiger partial charge in [-0.2, -0.15) is 0 Å². The summed E-state index contributed by atoms with van der Waals surface area (Å²) in [6, 6.07) is 19.6. The molecule has 0 bridgehead atoms. The van der Waals surface area contributed by atoms with E-state index < -0.39 is 0 Å². The first-order valence-electron chi connectivity index (χ1n) is 8.33. The second-order valence-corrected chi connectivity index (χ2v) is 6.02. The highest BCUT2D eigenvalue weighted by Gasteiger charge is 2.23. The SMILES string of the molecule is NCC1CC(c2ccc(OCCCc3ccccc3)cc2)NN1. The molecule has 4 N–H and O–H groups in total. The van der Waals surface area contributed by atoms with Gasteiger partial charge < -0.3 is 10.5 Å². The fourth-order valence-electron chi connectivity index (χ4n) is 2.90. The molecule has 3 rings (SSSR count). The molecule has 23 heavy (non-hydrogen) atoms. The molecule has 0 aromatic heterocycles. The summed E-state index contributed by atoms with van der Waals surface area (Å²) in [7, 11) is 0. The van der Waals surface area contributed by atoms with E-state index in [0.717, 1.165) is 31.6 Å². The highest BCUT2D eigenvalue weighted by Crippen LogP contribution is 2.24. The van der Waals surface area contributed by atoms with Gasteiger partial charge in [0, 0.05) is 18.6 Å². The number of aryl methyl sites for hydroxylation is 1. The highest BCUT2D eigenvalue weighted by atomic mass is 16.5. The Kier molecular flexibility index (Phi) is 5.64. The zero-order chi connectivity index (χ0) is 15.9. The predicted molar refractivity (Wildman–Crippen MR) is 93.2 cm³/mol. The molecule has 4 heteroatoms. The van der Waals surface area contributed by atoms with E-state index in [1.807, 2.05) is 6.07 Å². The van der Waals surface area contributed by atoms with Gasteiger partial charge in [0.25, 0.3) is 0 Å². The standard InChI is InChI=1S/C19H25N3O/c20-14-17-13-19(22-21-17)16-8-10-18(11-9-16)23-12-4-7-15-5-2-1-3-6-15/h1-3,5-6,8-11,17,19,21-22H,4,7,12-14,20H2. The maximum Gasteiger partial charge on any atom is 0.119 e. The molecule has 122 valence electrons. The topological polar surface area (TPSA) is 59.3 Å². The summed E-state index contributed by atoms with van der Waals surface area (Å²) in [5, 5.41) is 0. The van der Waals surface area contributed by atoms with Crippen LogP contribution in [0.15, 0.2) is 54.6 Å². The lowest BCUT2D eigenvalue weighted by molar-refractivity contribution is 0.311.